The molecule has 0 spiro atoms. The number of hydrogen-bond acceptors (Lipinski definition) is 2. The van der Waals surface area contributed by atoms with E-state index in [0.717, 1.165) is 25.1 Å². The van der Waals surface area contributed by atoms with Crippen LogP contribution in [0.2, 0.25) is 0 Å². The minimum absolute atomic E-state index is 0.443. The van der Waals surface area contributed by atoms with Crippen molar-refractivity contribution in [2.75, 3.05) is 6.54 Å². The molecule has 3 heteroatoms. The van der Waals surface area contributed by atoms with Crippen molar-refractivity contribution in [3.8, 4) is 0 Å². The van der Waals surface area contributed by atoms with Gasteiger partial charge in [-0.25, -0.2) is 0 Å². The molecule has 0 fully saturated rings. The Morgan fingerprint density at radius 1 is 1.39 bits per heavy atom. The van der Waals surface area contributed by atoms with E-state index in [-0.39, 0.29) is 0 Å². The van der Waals surface area contributed by atoms with Crippen LogP contribution in [0.1, 0.15) is 52.8 Å². The van der Waals surface area contributed by atoms with E-state index >= 15 is 0 Å². The molecule has 0 radical (unpaired) electrons. The van der Waals surface area contributed by atoms with Crippen molar-refractivity contribution >= 4 is 0 Å². The van der Waals surface area contributed by atoms with Crippen LogP contribution in [0.25, 0.3) is 0 Å². The third-order valence-electron chi connectivity index (χ3n) is 2.84. The molecule has 0 unspecified atom stereocenters. The molecule has 102 valence electrons. The van der Waals surface area contributed by atoms with Crippen LogP contribution in [0.3, 0.4) is 0 Å². The highest BCUT2D eigenvalue weighted by atomic mass is 15.3. The van der Waals surface area contributed by atoms with Crippen molar-refractivity contribution < 1.29 is 0 Å². The smallest absolute Gasteiger partial charge is 0.0664 e. The standard InChI is InChI=1S/C15H27N3/c1-12(2)16-9-6-7-14(5)11-15-8-10-18(17-15)13(3)4/h7-8,10,12-13,16H,6,9,11H2,1-5H3. The lowest BCUT2D eigenvalue weighted by Crippen LogP contribution is -2.23. The van der Waals surface area contributed by atoms with Crippen LogP contribution in [0, 0.1) is 0 Å². The lowest BCUT2D eigenvalue weighted by atomic mass is 10.1. The van der Waals surface area contributed by atoms with Gasteiger partial charge in [0, 0.05) is 24.7 Å². The van der Waals surface area contributed by atoms with Crippen molar-refractivity contribution in [1.82, 2.24) is 15.1 Å². The van der Waals surface area contributed by atoms with Crippen molar-refractivity contribution in [2.24, 2.45) is 0 Å². The number of allylic oxidation sites excluding steroid dienone is 1. The predicted molar refractivity (Wildman–Crippen MR) is 77.8 cm³/mol. The van der Waals surface area contributed by atoms with Gasteiger partial charge in [-0.3, -0.25) is 4.68 Å². The van der Waals surface area contributed by atoms with Gasteiger partial charge in [-0.2, -0.15) is 5.10 Å². The summed E-state index contributed by atoms with van der Waals surface area (Å²) in [5, 5.41) is 7.99. The van der Waals surface area contributed by atoms with Gasteiger partial charge in [0.1, 0.15) is 0 Å². The van der Waals surface area contributed by atoms with Gasteiger partial charge in [0.25, 0.3) is 0 Å². The summed E-state index contributed by atoms with van der Waals surface area (Å²) in [5.74, 6) is 0. The van der Waals surface area contributed by atoms with Crippen LogP contribution in [-0.2, 0) is 6.42 Å². The van der Waals surface area contributed by atoms with E-state index in [1.807, 2.05) is 4.68 Å². The number of aromatic nitrogens is 2. The van der Waals surface area contributed by atoms with Crippen molar-refractivity contribution in [3.05, 3.63) is 29.6 Å². The number of rotatable bonds is 7. The van der Waals surface area contributed by atoms with E-state index < -0.39 is 0 Å². The summed E-state index contributed by atoms with van der Waals surface area (Å²) in [4.78, 5) is 0. The fraction of sp³-hybridized carbons (Fsp3) is 0.667. The van der Waals surface area contributed by atoms with Crippen molar-refractivity contribution in [2.45, 2.75) is 59.5 Å². The summed E-state index contributed by atoms with van der Waals surface area (Å²) in [6, 6.07) is 3.13. The molecular formula is C15H27N3. The predicted octanol–water partition coefficient (Wildman–Crippen LogP) is 3.34. The zero-order valence-electron chi connectivity index (χ0n) is 12.4. The van der Waals surface area contributed by atoms with Gasteiger partial charge in [0.05, 0.1) is 5.69 Å². The molecule has 0 saturated carbocycles. The summed E-state index contributed by atoms with van der Waals surface area (Å²) in [6.07, 6.45) is 6.42. The molecule has 0 amide bonds. The Hall–Kier alpha value is -1.09. The number of nitrogens with one attached hydrogen (secondary N) is 1. The van der Waals surface area contributed by atoms with Gasteiger partial charge < -0.3 is 5.32 Å². The molecule has 0 aliphatic rings. The van der Waals surface area contributed by atoms with Crippen LogP contribution in [-0.4, -0.2) is 22.4 Å². The average molecular weight is 249 g/mol. The van der Waals surface area contributed by atoms with Crippen molar-refractivity contribution in [1.29, 1.82) is 0 Å². The Bertz CT molecular complexity index is 375. The first-order valence-electron chi connectivity index (χ1n) is 6.92. The second-order valence-electron chi connectivity index (χ2n) is 5.51. The zero-order valence-corrected chi connectivity index (χ0v) is 12.4. The van der Waals surface area contributed by atoms with Crippen LogP contribution < -0.4 is 5.32 Å². The number of hydrogen-bond donors (Lipinski definition) is 1. The van der Waals surface area contributed by atoms with Crippen LogP contribution in [0.5, 0.6) is 0 Å². The maximum atomic E-state index is 4.57. The fourth-order valence-electron chi connectivity index (χ4n) is 1.81. The Morgan fingerprint density at radius 2 is 2.11 bits per heavy atom. The fourth-order valence-corrected chi connectivity index (χ4v) is 1.81. The largest absolute Gasteiger partial charge is 0.314 e. The van der Waals surface area contributed by atoms with Crippen LogP contribution in [0.4, 0.5) is 0 Å². The van der Waals surface area contributed by atoms with Gasteiger partial charge in [-0.1, -0.05) is 25.5 Å². The first kappa shape index (κ1) is 15.0. The summed E-state index contributed by atoms with van der Waals surface area (Å²) in [7, 11) is 0. The van der Waals surface area contributed by atoms with E-state index in [0.29, 0.717) is 12.1 Å². The van der Waals surface area contributed by atoms with Gasteiger partial charge in [-0.05, 0) is 39.8 Å². The van der Waals surface area contributed by atoms with Crippen LogP contribution >= 0.6 is 0 Å². The highest BCUT2D eigenvalue weighted by Crippen LogP contribution is 2.09. The molecule has 1 N–H and O–H groups in total. The second kappa shape index (κ2) is 7.37. The quantitative estimate of drug-likeness (QED) is 0.593. The third kappa shape index (κ3) is 5.50. The van der Waals surface area contributed by atoms with Gasteiger partial charge in [0.15, 0.2) is 0 Å². The molecule has 1 aromatic heterocycles. The minimum atomic E-state index is 0.443. The van der Waals surface area contributed by atoms with E-state index in [2.05, 4.69) is 63.4 Å². The molecule has 1 rings (SSSR count). The molecule has 0 aliphatic heterocycles. The lowest BCUT2D eigenvalue weighted by Gasteiger charge is -2.06. The van der Waals surface area contributed by atoms with Crippen molar-refractivity contribution in [3.63, 3.8) is 0 Å². The maximum Gasteiger partial charge on any atom is 0.0664 e. The molecule has 0 saturated heterocycles. The second-order valence-corrected chi connectivity index (χ2v) is 5.51. The molecule has 1 aromatic rings. The molecule has 3 nitrogen and oxygen atoms in total. The Kier molecular flexibility index (Phi) is 6.13. The third-order valence-corrected chi connectivity index (χ3v) is 2.84. The highest BCUT2D eigenvalue weighted by molar-refractivity contribution is 5.12. The molecule has 0 atom stereocenters. The first-order chi connectivity index (χ1) is 8.49. The van der Waals surface area contributed by atoms with Gasteiger partial charge in [0.2, 0.25) is 0 Å². The summed E-state index contributed by atoms with van der Waals surface area (Å²) < 4.78 is 2.02. The molecular weight excluding hydrogens is 222 g/mol. The molecule has 0 bridgehead atoms. The average Bonchev–Trinajstić information content (AvgIpc) is 2.72. The maximum absolute atomic E-state index is 4.57. The minimum Gasteiger partial charge on any atom is -0.314 e. The highest BCUT2D eigenvalue weighted by Gasteiger charge is 2.02. The first-order valence-corrected chi connectivity index (χ1v) is 6.92. The zero-order chi connectivity index (χ0) is 13.5. The summed E-state index contributed by atoms with van der Waals surface area (Å²) in [6.45, 7) is 11.9. The lowest BCUT2D eigenvalue weighted by molar-refractivity contribution is 0.527. The van der Waals surface area contributed by atoms with Gasteiger partial charge >= 0.3 is 0 Å². The Morgan fingerprint density at radius 3 is 2.67 bits per heavy atom. The summed E-state index contributed by atoms with van der Waals surface area (Å²) in [5.41, 5.74) is 2.56. The monoisotopic (exact) mass is 249 g/mol. The Balaban J connectivity index is 2.38. The SMILES string of the molecule is CC(=CCCNC(C)C)Cc1ccn(C(C)C)n1. The Labute approximate surface area is 111 Å². The molecule has 1 heterocycles. The topological polar surface area (TPSA) is 29.9 Å². The molecule has 0 aromatic carbocycles. The van der Waals surface area contributed by atoms with E-state index in [1.54, 1.807) is 0 Å². The van der Waals surface area contributed by atoms with E-state index in [9.17, 15) is 0 Å². The molecule has 18 heavy (non-hydrogen) atoms. The molecule has 0 aliphatic carbocycles. The normalized spacial score (nSPS) is 12.7. The number of nitrogens with zero attached hydrogens (tertiary/aromatic N) is 2. The van der Waals surface area contributed by atoms with E-state index in [4.69, 9.17) is 0 Å². The summed E-state index contributed by atoms with van der Waals surface area (Å²) >= 11 is 0. The van der Waals surface area contributed by atoms with Gasteiger partial charge in [-0.15, -0.1) is 0 Å². The van der Waals surface area contributed by atoms with E-state index in [1.165, 1.54) is 5.57 Å². The van der Waals surface area contributed by atoms with Crippen LogP contribution in [0.15, 0.2) is 23.9 Å².